The Balaban J connectivity index is 1.89. The smallest absolute Gasteiger partial charge is 0.244 e. The lowest BCUT2D eigenvalue weighted by atomic mass is 10.0. The Morgan fingerprint density at radius 2 is 1.83 bits per heavy atom. The molecule has 0 saturated heterocycles. The molecule has 2 aromatic carbocycles. The highest BCUT2D eigenvalue weighted by molar-refractivity contribution is 5.91. The minimum Gasteiger partial charge on any atom is -0.497 e. The molecule has 23 heavy (non-hydrogen) atoms. The Morgan fingerprint density at radius 3 is 2.43 bits per heavy atom. The lowest BCUT2D eigenvalue weighted by Gasteiger charge is -2.15. The number of carbonyl (C=O) groups is 1. The van der Waals surface area contributed by atoms with Crippen molar-refractivity contribution in [2.24, 2.45) is 0 Å². The maximum Gasteiger partial charge on any atom is 0.244 e. The Bertz CT molecular complexity index is 632. The van der Waals surface area contributed by atoms with Gasteiger partial charge in [0.25, 0.3) is 0 Å². The van der Waals surface area contributed by atoms with Gasteiger partial charge in [-0.2, -0.15) is 0 Å². The molecule has 1 unspecified atom stereocenters. The first-order valence-corrected chi connectivity index (χ1v) is 7.88. The van der Waals surface area contributed by atoms with Crippen LogP contribution in [0.4, 0.5) is 0 Å². The third-order valence-corrected chi connectivity index (χ3v) is 3.71. The molecule has 0 aliphatic carbocycles. The molecule has 1 atom stereocenters. The van der Waals surface area contributed by atoms with Gasteiger partial charge in [-0.1, -0.05) is 49.4 Å². The van der Waals surface area contributed by atoms with Gasteiger partial charge >= 0.3 is 0 Å². The number of amides is 1. The second-order valence-electron chi connectivity index (χ2n) is 5.41. The van der Waals surface area contributed by atoms with Gasteiger partial charge in [0.15, 0.2) is 0 Å². The highest BCUT2D eigenvalue weighted by Crippen LogP contribution is 2.12. The van der Waals surface area contributed by atoms with Crippen molar-refractivity contribution in [3.05, 3.63) is 71.8 Å². The van der Waals surface area contributed by atoms with E-state index < -0.39 is 0 Å². The SMILES string of the molecule is CCC(Cc1ccccc1)NC(=O)C=Cc1ccc(OC)cc1. The van der Waals surface area contributed by atoms with Gasteiger partial charge in [-0.15, -0.1) is 0 Å². The normalized spacial score (nSPS) is 12.1. The average Bonchev–Trinajstić information content (AvgIpc) is 2.60. The lowest BCUT2D eigenvalue weighted by molar-refractivity contribution is -0.117. The first-order valence-electron chi connectivity index (χ1n) is 7.88. The number of nitrogens with one attached hydrogen (secondary N) is 1. The van der Waals surface area contributed by atoms with E-state index in [1.54, 1.807) is 13.2 Å². The molecule has 0 fully saturated rings. The third kappa shape index (κ3) is 5.62. The zero-order valence-corrected chi connectivity index (χ0v) is 13.7. The van der Waals surface area contributed by atoms with Crippen LogP contribution in [0.1, 0.15) is 24.5 Å². The molecule has 0 heterocycles. The van der Waals surface area contributed by atoms with Crippen molar-refractivity contribution in [2.45, 2.75) is 25.8 Å². The predicted molar refractivity (Wildman–Crippen MR) is 94.4 cm³/mol. The molecular weight excluding hydrogens is 286 g/mol. The van der Waals surface area contributed by atoms with Crippen LogP contribution in [0, 0.1) is 0 Å². The van der Waals surface area contributed by atoms with Crippen LogP contribution in [0.5, 0.6) is 5.75 Å². The van der Waals surface area contributed by atoms with Crippen molar-refractivity contribution < 1.29 is 9.53 Å². The standard InChI is InChI=1S/C20H23NO2/c1-3-18(15-17-7-5-4-6-8-17)21-20(22)14-11-16-9-12-19(23-2)13-10-16/h4-14,18H,3,15H2,1-2H3,(H,21,22). The lowest BCUT2D eigenvalue weighted by Crippen LogP contribution is -2.34. The van der Waals surface area contributed by atoms with Gasteiger partial charge in [0, 0.05) is 12.1 Å². The van der Waals surface area contributed by atoms with Crippen LogP contribution in [0.2, 0.25) is 0 Å². The molecule has 0 bridgehead atoms. The van der Waals surface area contributed by atoms with Crippen LogP contribution in [-0.4, -0.2) is 19.1 Å². The van der Waals surface area contributed by atoms with Crippen molar-refractivity contribution in [2.75, 3.05) is 7.11 Å². The Labute approximate surface area is 138 Å². The first kappa shape index (κ1) is 16.8. The molecule has 120 valence electrons. The highest BCUT2D eigenvalue weighted by Gasteiger charge is 2.09. The predicted octanol–water partition coefficient (Wildman–Crippen LogP) is 3.85. The van der Waals surface area contributed by atoms with E-state index >= 15 is 0 Å². The molecule has 0 saturated carbocycles. The number of ether oxygens (including phenoxy) is 1. The number of benzene rings is 2. The Morgan fingerprint density at radius 1 is 1.13 bits per heavy atom. The second kappa shape index (κ2) is 8.79. The van der Waals surface area contributed by atoms with Gasteiger partial charge in [0.2, 0.25) is 5.91 Å². The van der Waals surface area contributed by atoms with Gasteiger partial charge < -0.3 is 10.1 Å². The summed E-state index contributed by atoms with van der Waals surface area (Å²) in [4.78, 5) is 12.1. The number of rotatable bonds is 7. The fourth-order valence-electron chi connectivity index (χ4n) is 2.33. The largest absolute Gasteiger partial charge is 0.497 e. The molecule has 0 radical (unpaired) electrons. The summed E-state index contributed by atoms with van der Waals surface area (Å²) in [5.41, 5.74) is 2.20. The quantitative estimate of drug-likeness (QED) is 0.789. The third-order valence-electron chi connectivity index (χ3n) is 3.71. The van der Waals surface area contributed by atoms with Gasteiger partial charge in [-0.05, 0) is 42.2 Å². The van der Waals surface area contributed by atoms with Crippen LogP contribution >= 0.6 is 0 Å². The van der Waals surface area contributed by atoms with Crippen molar-refractivity contribution in [1.82, 2.24) is 5.32 Å². The molecule has 2 aromatic rings. The summed E-state index contributed by atoms with van der Waals surface area (Å²) < 4.78 is 5.12. The summed E-state index contributed by atoms with van der Waals surface area (Å²) in [7, 11) is 1.63. The highest BCUT2D eigenvalue weighted by atomic mass is 16.5. The van der Waals surface area contributed by atoms with E-state index in [-0.39, 0.29) is 11.9 Å². The molecule has 1 amide bonds. The summed E-state index contributed by atoms with van der Waals surface area (Å²) in [6.07, 6.45) is 5.13. The Hall–Kier alpha value is -2.55. The van der Waals surface area contributed by atoms with Crippen molar-refractivity contribution in [1.29, 1.82) is 0 Å². The fraction of sp³-hybridized carbons (Fsp3) is 0.250. The van der Waals surface area contributed by atoms with Crippen molar-refractivity contribution in [3.63, 3.8) is 0 Å². The van der Waals surface area contributed by atoms with Gasteiger partial charge in [0.05, 0.1) is 7.11 Å². The first-order chi connectivity index (χ1) is 11.2. The fourth-order valence-corrected chi connectivity index (χ4v) is 2.33. The molecule has 1 N–H and O–H groups in total. The summed E-state index contributed by atoms with van der Waals surface area (Å²) in [6, 6.07) is 18.0. The summed E-state index contributed by atoms with van der Waals surface area (Å²) in [5.74, 6) is 0.740. The molecule has 0 spiro atoms. The van der Waals surface area contributed by atoms with Crippen LogP contribution in [0.3, 0.4) is 0 Å². The maximum atomic E-state index is 12.1. The molecule has 3 nitrogen and oxygen atoms in total. The van der Waals surface area contributed by atoms with E-state index in [2.05, 4.69) is 24.4 Å². The number of methoxy groups -OCH3 is 1. The molecular formula is C20H23NO2. The zero-order valence-electron chi connectivity index (χ0n) is 13.7. The van der Waals surface area contributed by atoms with E-state index in [1.165, 1.54) is 5.56 Å². The molecule has 0 aliphatic rings. The molecule has 3 heteroatoms. The minimum absolute atomic E-state index is 0.0661. The van der Waals surface area contributed by atoms with E-state index in [4.69, 9.17) is 4.74 Å². The second-order valence-corrected chi connectivity index (χ2v) is 5.41. The van der Waals surface area contributed by atoms with Gasteiger partial charge in [-0.25, -0.2) is 0 Å². The van der Waals surface area contributed by atoms with E-state index in [1.807, 2.05) is 48.5 Å². The molecule has 0 aromatic heterocycles. The number of hydrogen-bond acceptors (Lipinski definition) is 2. The average molecular weight is 309 g/mol. The summed E-state index contributed by atoms with van der Waals surface area (Å²) in [5, 5.41) is 3.06. The van der Waals surface area contributed by atoms with E-state index in [0.29, 0.717) is 0 Å². The summed E-state index contributed by atoms with van der Waals surface area (Å²) in [6.45, 7) is 2.08. The zero-order chi connectivity index (χ0) is 16.5. The maximum absolute atomic E-state index is 12.1. The van der Waals surface area contributed by atoms with Crippen LogP contribution < -0.4 is 10.1 Å². The van der Waals surface area contributed by atoms with Crippen molar-refractivity contribution >= 4 is 12.0 Å². The number of carbonyl (C=O) groups excluding carboxylic acids is 1. The van der Waals surface area contributed by atoms with Gasteiger partial charge in [-0.3, -0.25) is 4.79 Å². The molecule has 0 aliphatic heterocycles. The van der Waals surface area contributed by atoms with Crippen LogP contribution in [0.25, 0.3) is 6.08 Å². The van der Waals surface area contributed by atoms with Crippen molar-refractivity contribution in [3.8, 4) is 5.75 Å². The topological polar surface area (TPSA) is 38.3 Å². The van der Waals surface area contributed by atoms with E-state index in [9.17, 15) is 4.79 Å². The minimum atomic E-state index is -0.0661. The Kier molecular flexibility index (Phi) is 6.42. The molecule has 2 rings (SSSR count). The van der Waals surface area contributed by atoms with Crippen LogP contribution in [-0.2, 0) is 11.2 Å². The van der Waals surface area contributed by atoms with E-state index in [0.717, 1.165) is 24.2 Å². The van der Waals surface area contributed by atoms with Gasteiger partial charge in [0.1, 0.15) is 5.75 Å². The number of hydrogen-bond donors (Lipinski definition) is 1. The summed E-state index contributed by atoms with van der Waals surface area (Å²) >= 11 is 0. The monoisotopic (exact) mass is 309 g/mol. The van der Waals surface area contributed by atoms with Crippen LogP contribution in [0.15, 0.2) is 60.7 Å².